The van der Waals surface area contributed by atoms with Crippen LogP contribution in [0.25, 0.3) is 0 Å². The molecule has 2 fully saturated rings. The minimum absolute atomic E-state index is 0.178. The van der Waals surface area contributed by atoms with Crippen LogP contribution in [-0.2, 0) is 11.3 Å². The molecule has 0 aromatic carbocycles. The number of carbonyl (C=O) groups is 1. The fourth-order valence-electron chi connectivity index (χ4n) is 4.20. The standard InChI is InChI=1S/C18H29N3O2/c1-17(2,3)6-7-21-10-14(20-11-21)15(16(22)23)13-9-18(13)5-4-12(19)8-18/h10-13,15H,4-9,19H2,1-3H3,(H,22,23)/t12-,13+,15?,18+/m0/s1. The smallest absolute Gasteiger partial charge is 0.312 e. The average Bonchev–Trinajstić information content (AvgIpc) is 2.79. The minimum Gasteiger partial charge on any atom is -0.481 e. The van der Waals surface area contributed by atoms with E-state index in [1.807, 2.05) is 10.8 Å². The molecule has 4 atom stereocenters. The monoisotopic (exact) mass is 319 g/mol. The number of nitrogens with zero attached hydrogens (tertiary/aromatic N) is 2. The predicted molar refractivity (Wildman–Crippen MR) is 89.0 cm³/mol. The molecule has 1 aromatic heterocycles. The quantitative estimate of drug-likeness (QED) is 0.874. The highest BCUT2D eigenvalue weighted by molar-refractivity contribution is 5.76. The molecule has 0 amide bonds. The van der Waals surface area contributed by atoms with Gasteiger partial charge in [-0.2, -0.15) is 0 Å². The van der Waals surface area contributed by atoms with Crippen molar-refractivity contribution >= 4 is 5.97 Å². The zero-order valence-corrected chi connectivity index (χ0v) is 14.5. The summed E-state index contributed by atoms with van der Waals surface area (Å²) in [5.74, 6) is -1.01. The van der Waals surface area contributed by atoms with E-state index >= 15 is 0 Å². The summed E-state index contributed by atoms with van der Waals surface area (Å²) in [4.78, 5) is 16.3. The third kappa shape index (κ3) is 3.44. The van der Waals surface area contributed by atoms with E-state index in [4.69, 9.17) is 5.73 Å². The van der Waals surface area contributed by atoms with Crippen molar-refractivity contribution in [1.82, 2.24) is 9.55 Å². The Kier molecular flexibility index (Phi) is 4.03. The highest BCUT2D eigenvalue weighted by atomic mass is 16.4. The molecule has 2 saturated carbocycles. The number of imidazole rings is 1. The van der Waals surface area contributed by atoms with E-state index < -0.39 is 11.9 Å². The van der Waals surface area contributed by atoms with E-state index in [0.29, 0.717) is 5.69 Å². The zero-order chi connectivity index (χ0) is 16.8. The van der Waals surface area contributed by atoms with E-state index in [2.05, 4.69) is 25.8 Å². The molecular formula is C18H29N3O2. The lowest BCUT2D eigenvalue weighted by Gasteiger charge is -2.18. The van der Waals surface area contributed by atoms with Crippen molar-refractivity contribution in [1.29, 1.82) is 0 Å². The molecule has 1 spiro atoms. The maximum absolute atomic E-state index is 11.8. The van der Waals surface area contributed by atoms with E-state index in [-0.39, 0.29) is 22.8 Å². The van der Waals surface area contributed by atoms with Gasteiger partial charge in [-0.1, -0.05) is 20.8 Å². The highest BCUT2D eigenvalue weighted by Gasteiger charge is 2.61. The number of aromatic nitrogens is 2. The van der Waals surface area contributed by atoms with Crippen LogP contribution in [0.5, 0.6) is 0 Å². The molecule has 23 heavy (non-hydrogen) atoms. The minimum atomic E-state index is -0.742. The number of rotatable bonds is 5. The fourth-order valence-corrected chi connectivity index (χ4v) is 4.20. The van der Waals surface area contributed by atoms with E-state index in [1.165, 1.54) is 0 Å². The first-order chi connectivity index (χ1) is 10.7. The van der Waals surface area contributed by atoms with Crippen LogP contribution in [0.1, 0.15) is 64.5 Å². The first kappa shape index (κ1) is 16.5. The number of nitrogens with two attached hydrogens (primary N) is 1. The van der Waals surface area contributed by atoms with Crippen molar-refractivity contribution < 1.29 is 9.90 Å². The third-order valence-corrected chi connectivity index (χ3v) is 5.69. The van der Waals surface area contributed by atoms with Crippen LogP contribution in [0.15, 0.2) is 12.5 Å². The number of hydrogen-bond acceptors (Lipinski definition) is 3. The average molecular weight is 319 g/mol. The molecule has 3 rings (SSSR count). The first-order valence-electron chi connectivity index (χ1n) is 8.70. The van der Waals surface area contributed by atoms with Crippen LogP contribution in [-0.4, -0.2) is 26.7 Å². The van der Waals surface area contributed by atoms with E-state index in [1.54, 1.807) is 6.33 Å². The Labute approximate surface area is 138 Å². The maximum Gasteiger partial charge on any atom is 0.312 e. The number of carboxylic acids is 1. The van der Waals surface area contributed by atoms with E-state index in [0.717, 1.165) is 38.6 Å². The number of carboxylic acid groups (broad SMARTS) is 1. The molecule has 2 aliphatic rings. The highest BCUT2D eigenvalue weighted by Crippen LogP contribution is 2.66. The molecule has 1 heterocycles. The fraction of sp³-hybridized carbons (Fsp3) is 0.778. The van der Waals surface area contributed by atoms with Gasteiger partial charge in [-0.3, -0.25) is 4.79 Å². The molecule has 5 nitrogen and oxygen atoms in total. The van der Waals surface area contributed by atoms with Gasteiger partial charge in [0.05, 0.1) is 12.0 Å². The zero-order valence-electron chi connectivity index (χ0n) is 14.5. The lowest BCUT2D eigenvalue weighted by molar-refractivity contribution is -0.139. The summed E-state index contributed by atoms with van der Waals surface area (Å²) in [7, 11) is 0. The van der Waals surface area contributed by atoms with Crippen molar-refractivity contribution in [3.05, 3.63) is 18.2 Å². The van der Waals surface area contributed by atoms with Gasteiger partial charge in [0, 0.05) is 18.8 Å². The summed E-state index contributed by atoms with van der Waals surface area (Å²) < 4.78 is 2.03. The Morgan fingerprint density at radius 3 is 2.83 bits per heavy atom. The van der Waals surface area contributed by atoms with E-state index in [9.17, 15) is 9.90 Å². The van der Waals surface area contributed by atoms with Crippen LogP contribution in [0.2, 0.25) is 0 Å². The lowest BCUT2D eigenvalue weighted by atomic mass is 9.91. The normalized spacial score (nSPS) is 31.5. The second-order valence-corrected chi connectivity index (χ2v) is 8.84. The summed E-state index contributed by atoms with van der Waals surface area (Å²) in [6.07, 6.45) is 8.84. The first-order valence-corrected chi connectivity index (χ1v) is 8.70. The van der Waals surface area contributed by atoms with Crippen LogP contribution >= 0.6 is 0 Å². The number of aliphatic carboxylic acids is 1. The van der Waals surface area contributed by atoms with Gasteiger partial charge in [0.15, 0.2) is 0 Å². The van der Waals surface area contributed by atoms with Crippen molar-refractivity contribution in [3.8, 4) is 0 Å². The molecule has 5 heteroatoms. The van der Waals surface area contributed by atoms with Gasteiger partial charge in [0.25, 0.3) is 0 Å². The summed E-state index contributed by atoms with van der Waals surface area (Å²) in [5.41, 5.74) is 7.20. The molecule has 0 radical (unpaired) electrons. The van der Waals surface area contributed by atoms with Gasteiger partial charge >= 0.3 is 5.97 Å². The topological polar surface area (TPSA) is 81.1 Å². The second kappa shape index (κ2) is 5.62. The maximum atomic E-state index is 11.8. The van der Waals surface area contributed by atoms with Crippen LogP contribution < -0.4 is 5.73 Å². The van der Waals surface area contributed by atoms with Gasteiger partial charge in [0.1, 0.15) is 5.92 Å². The van der Waals surface area contributed by atoms with Crippen LogP contribution in [0.3, 0.4) is 0 Å². The lowest BCUT2D eigenvalue weighted by Crippen LogP contribution is -2.20. The molecule has 2 aliphatic carbocycles. The van der Waals surface area contributed by atoms with Gasteiger partial charge in [-0.25, -0.2) is 4.98 Å². The summed E-state index contributed by atoms with van der Waals surface area (Å²) in [6, 6.07) is 0.249. The van der Waals surface area contributed by atoms with Crippen molar-refractivity contribution in [3.63, 3.8) is 0 Å². The number of hydrogen-bond donors (Lipinski definition) is 2. The third-order valence-electron chi connectivity index (χ3n) is 5.69. The summed E-state index contributed by atoms with van der Waals surface area (Å²) in [6.45, 7) is 7.51. The Morgan fingerprint density at radius 2 is 2.26 bits per heavy atom. The summed E-state index contributed by atoms with van der Waals surface area (Å²) >= 11 is 0. The van der Waals surface area contributed by atoms with Crippen LogP contribution in [0.4, 0.5) is 0 Å². The Morgan fingerprint density at radius 1 is 1.52 bits per heavy atom. The van der Waals surface area contributed by atoms with Gasteiger partial charge in [-0.15, -0.1) is 0 Å². The second-order valence-electron chi connectivity index (χ2n) is 8.84. The summed E-state index contributed by atoms with van der Waals surface area (Å²) in [5, 5.41) is 9.73. The largest absolute Gasteiger partial charge is 0.481 e. The molecule has 1 aromatic rings. The Bertz CT molecular complexity index is 589. The van der Waals surface area contributed by atoms with Crippen molar-refractivity contribution in [2.75, 3.05) is 0 Å². The molecular weight excluding hydrogens is 290 g/mol. The van der Waals surface area contributed by atoms with Gasteiger partial charge < -0.3 is 15.4 Å². The van der Waals surface area contributed by atoms with Gasteiger partial charge in [0.2, 0.25) is 0 Å². The van der Waals surface area contributed by atoms with Gasteiger partial charge in [-0.05, 0) is 48.9 Å². The molecule has 3 N–H and O–H groups in total. The van der Waals surface area contributed by atoms with Crippen LogP contribution in [0, 0.1) is 16.7 Å². The van der Waals surface area contributed by atoms with Crippen molar-refractivity contribution in [2.45, 2.75) is 71.4 Å². The Hall–Kier alpha value is -1.36. The predicted octanol–water partition coefficient (Wildman–Crippen LogP) is 3.01. The molecule has 0 aliphatic heterocycles. The molecule has 0 bridgehead atoms. The SMILES string of the molecule is CC(C)(C)CCn1cnc(C(C(=O)O)[C@H]2C[C@]23CC[C@H](N)C3)c1. The van der Waals surface area contributed by atoms with Crippen molar-refractivity contribution in [2.24, 2.45) is 22.5 Å². The molecule has 0 saturated heterocycles. The number of aryl methyl sites for hydroxylation is 1. The Balaban J connectivity index is 1.71. The molecule has 1 unspecified atom stereocenters. The molecule has 128 valence electrons.